The van der Waals surface area contributed by atoms with Crippen LogP contribution in [0.25, 0.3) is 0 Å². The van der Waals surface area contributed by atoms with Gasteiger partial charge >= 0.3 is 0 Å². The van der Waals surface area contributed by atoms with Crippen LogP contribution in [-0.2, 0) is 0 Å². The molecule has 2 nitrogen and oxygen atoms in total. The lowest BCUT2D eigenvalue weighted by Gasteiger charge is -2.09. The molecule has 0 fully saturated rings. The summed E-state index contributed by atoms with van der Waals surface area (Å²) in [7, 11) is 0. The Bertz CT molecular complexity index is 518. The number of aliphatic imine (C=N–C) groups is 1. The molecule has 0 rings (SSSR count). The van der Waals surface area contributed by atoms with E-state index in [9.17, 15) is 0 Å². The summed E-state index contributed by atoms with van der Waals surface area (Å²) in [5.74, 6) is 0. The van der Waals surface area contributed by atoms with Crippen LogP contribution in [-0.4, -0.2) is 6.21 Å². The molecule has 0 aromatic heterocycles. The van der Waals surface area contributed by atoms with E-state index in [1.807, 2.05) is 50.3 Å². The Hall–Kier alpha value is -2.00. The van der Waals surface area contributed by atoms with Gasteiger partial charge in [-0.25, -0.2) is 0 Å². The molecule has 0 bridgehead atoms. The van der Waals surface area contributed by atoms with Crippen LogP contribution in [0.1, 0.15) is 27.2 Å². The lowest BCUT2D eigenvalue weighted by molar-refractivity contribution is 1.21. The molecule has 0 aromatic rings. The molecule has 0 aromatic carbocycles. The molecule has 0 unspecified atom stereocenters. The Labute approximate surface area is 139 Å². The van der Waals surface area contributed by atoms with Crippen LogP contribution in [0.4, 0.5) is 0 Å². The number of hydrogen-bond donors (Lipinski definition) is 1. The molecule has 3 heteroatoms. The van der Waals surface area contributed by atoms with Crippen LogP contribution in [0.2, 0.25) is 0 Å². The van der Waals surface area contributed by atoms with Gasteiger partial charge < -0.3 is 4.72 Å². The molecule has 0 atom stereocenters. The van der Waals surface area contributed by atoms with Gasteiger partial charge in [-0.05, 0) is 56.0 Å². The summed E-state index contributed by atoms with van der Waals surface area (Å²) in [6, 6.07) is 0. The number of hydrogen-bond acceptors (Lipinski definition) is 3. The minimum absolute atomic E-state index is 0.980. The van der Waals surface area contributed by atoms with E-state index in [1.54, 1.807) is 30.4 Å². The van der Waals surface area contributed by atoms with E-state index in [2.05, 4.69) is 35.9 Å². The van der Waals surface area contributed by atoms with Crippen molar-refractivity contribution in [2.24, 2.45) is 4.99 Å². The van der Waals surface area contributed by atoms with Gasteiger partial charge in [-0.1, -0.05) is 50.5 Å². The maximum Gasteiger partial charge on any atom is 0.0513 e. The Balaban J connectivity index is 5.24. The van der Waals surface area contributed by atoms with Crippen molar-refractivity contribution in [2.45, 2.75) is 27.2 Å². The zero-order valence-corrected chi connectivity index (χ0v) is 14.6. The molecule has 22 heavy (non-hydrogen) atoms. The molecule has 0 saturated carbocycles. The fraction of sp³-hybridized carbons (Fsp3) is 0.211. The zero-order valence-electron chi connectivity index (χ0n) is 13.8. The standard InChI is InChI=1S/C19H26N2S/c1-6-11-14-18(12-7-2)22-21-19(13-8-3)17(9-4)15-16-20-10-5/h6,8-16,21H,1,4,7H2,2-3,5H3/b13-8-,14-11-,16-15-,18-12+,19-17-,20-10?. The van der Waals surface area contributed by atoms with Crippen molar-refractivity contribution in [2.75, 3.05) is 0 Å². The van der Waals surface area contributed by atoms with E-state index in [0.717, 1.165) is 22.6 Å². The molecule has 0 aliphatic carbocycles. The highest BCUT2D eigenvalue weighted by Crippen LogP contribution is 2.19. The second kappa shape index (κ2) is 14.0. The summed E-state index contributed by atoms with van der Waals surface area (Å²) >= 11 is 1.56. The molecule has 118 valence electrons. The molecule has 0 radical (unpaired) electrons. The van der Waals surface area contributed by atoms with Crippen molar-refractivity contribution in [3.05, 3.63) is 84.1 Å². The maximum atomic E-state index is 4.09. The van der Waals surface area contributed by atoms with Crippen molar-refractivity contribution < 1.29 is 0 Å². The van der Waals surface area contributed by atoms with E-state index in [1.165, 1.54) is 0 Å². The third-order valence-electron chi connectivity index (χ3n) is 2.43. The topological polar surface area (TPSA) is 24.4 Å². The average Bonchev–Trinajstić information content (AvgIpc) is 2.53. The largest absolute Gasteiger partial charge is 0.325 e. The highest BCUT2D eigenvalue weighted by Gasteiger charge is 2.00. The molecule has 1 N–H and O–H groups in total. The first kappa shape index (κ1) is 20.0. The first-order valence-corrected chi connectivity index (χ1v) is 8.10. The second-order valence-electron chi connectivity index (χ2n) is 4.11. The van der Waals surface area contributed by atoms with Crippen molar-refractivity contribution in [1.29, 1.82) is 0 Å². The number of allylic oxidation sites excluding steroid dienone is 9. The SMILES string of the molecule is C=C/C=C\C(=C/CC)SNC(/C=C\C)=C(C=C)\C=C/N=CC. The number of nitrogens with one attached hydrogen (secondary N) is 1. The molecule has 0 aliphatic heterocycles. The number of nitrogens with zero attached hydrogens (tertiary/aromatic N) is 1. The third kappa shape index (κ3) is 9.03. The van der Waals surface area contributed by atoms with Crippen LogP contribution in [0.15, 0.2) is 89.1 Å². The monoisotopic (exact) mass is 314 g/mol. The van der Waals surface area contributed by atoms with Gasteiger partial charge in [0.1, 0.15) is 0 Å². The smallest absolute Gasteiger partial charge is 0.0513 e. The fourth-order valence-electron chi connectivity index (χ4n) is 1.45. The molecule has 0 spiro atoms. The maximum absolute atomic E-state index is 4.09. The van der Waals surface area contributed by atoms with Crippen LogP contribution in [0.3, 0.4) is 0 Å². The Morgan fingerprint density at radius 2 is 1.95 bits per heavy atom. The Morgan fingerprint density at radius 1 is 1.18 bits per heavy atom. The van der Waals surface area contributed by atoms with Crippen molar-refractivity contribution >= 4 is 18.2 Å². The van der Waals surface area contributed by atoms with E-state index < -0.39 is 0 Å². The van der Waals surface area contributed by atoms with E-state index in [4.69, 9.17) is 0 Å². The van der Waals surface area contributed by atoms with Gasteiger partial charge in [0.05, 0.1) is 5.70 Å². The molecule has 0 amide bonds. The minimum atomic E-state index is 0.980. The normalized spacial score (nSPS) is 14.2. The molecular weight excluding hydrogens is 288 g/mol. The van der Waals surface area contributed by atoms with Crippen LogP contribution in [0, 0.1) is 0 Å². The molecule has 0 heterocycles. The summed E-state index contributed by atoms with van der Waals surface area (Å²) < 4.78 is 3.37. The quantitative estimate of drug-likeness (QED) is 0.309. The van der Waals surface area contributed by atoms with Gasteiger partial charge in [0.2, 0.25) is 0 Å². The lowest BCUT2D eigenvalue weighted by Crippen LogP contribution is -2.03. The fourth-order valence-corrected chi connectivity index (χ4v) is 2.27. The summed E-state index contributed by atoms with van der Waals surface area (Å²) in [4.78, 5) is 5.23. The first-order chi connectivity index (χ1) is 10.7. The van der Waals surface area contributed by atoms with E-state index in [0.29, 0.717) is 0 Å². The van der Waals surface area contributed by atoms with E-state index in [-0.39, 0.29) is 0 Å². The zero-order chi connectivity index (χ0) is 16.6. The predicted molar refractivity (Wildman–Crippen MR) is 104 cm³/mol. The highest BCUT2D eigenvalue weighted by atomic mass is 32.2. The summed E-state index contributed by atoms with van der Waals surface area (Å²) in [6.45, 7) is 13.6. The van der Waals surface area contributed by atoms with Gasteiger partial charge in [0.15, 0.2) is 0 Å². The summed E-state index contributed by atoms with van der Waals surface area (Å²) in [6.07, 6.45) is 20.1. The summed E-state index contributed by atoms with van der Waals surface area (Å²) in [5.41, 5.74) is 1.97. The Morgan fingerprint density at radius 3 is 2.50 bits per heavy atom. The highest BCUT2D eigenvalue weighted by molar-refractivity contribution is 8.01. The predicted octanol–water partition coefficient (Wildman–Crippen LogP) is 5.88. The van der Waals surface area contributed by atoms with Gasteiger partial charge in [0.25, 0.3) is 0 Å². The van der Waals surface area contributed by atoms with Gasteiger partial charge in [-0.3, -0.25) is 4.99 Å². The van der Waals surface area contributed by atoms with Crippen LogP contribution < -0.4 is 4.72 Å². The van der Waals surface area contributed by atoms with E-state index >= 15 is 0 Å². The first-order valence-electron chi connectivity index (χ1n) is 7.29. The number of rotatable bonds is 10. The van der Waals surface area contributed by atoms with Crippen molar-refractivity contribution in [3.63, 3.8) is 0 Å². The average molecular weight is 314 g/mol. The minimum Gasteiger partial charge on any atom is -0.325 e. The van der Waals surface area contributed by atoms with Gasteiger partial charge in [0, 0.05) is 17.3 Å². The van der Waals surface area contributed by atoms with Gasteiger partial charge in [-0.2, -0.15) is 0 Å². The van der Waals surface area contributed by atoms with Crippen molar-refractivity contribution in [1.82, 2.24) is 4.72 Å². The van der Waals surface area contributed by atoms with Crippen molar-refractivity contribution in [3.8, 4) is 0 Å². The Kier molecular flexibility index (Phi) is 12.7. The van der Waals surface area contributed by atoms with Gasteiger partial charge in [-0.15, -0.1) is 0 Å². The summed E-state index contributed by atoms with van der Waals surface area (Å²) in [5, 5.41) is 0. The molecule has 0 aliphatic rings. The van der Waals surface area contributed by atoms with Crippen LogP contribution >= 0.6 is 11.9 Å². The molecule has 0 saturated heterocycles. The molecular formula is C19H26N2S. The van der Waals surface area contributed by atoms with Crippen LogP contribution in [0.5, 0.6) is 0 Å². The third-order valence-corrected chi connectivity index (χ3v) is 3.29. The lowest BCUT2D eigenvalue weighted by atomic mass is 10.2. The second-order valence-corrected chi connectivity index (χ2v) is 4.99.